The van der Waals surface area contributed by atoms with Crippen molar-refractivity contribution in [3.63, 3.8) is 0 Å². The second-order valence-corrected chi connectivity index (χ2v) is 8.12. The number of carbonyl (C=O) groups excluding carboxylic acids is 2. The number of aromatic nitrogens is 2. The molecule has 0 aliphatic carbocycles. The predicted molar refractivity (Wildman–Crippen MR) is 121 cm³/mol. The van der Waals surface area contributed by atoms with Gasteiger partial charge in [0.25, 0.3) is 5.56 Å². The van der Waals surface area contributed by atoms with E-state index in [2.05, 4.69) is 5.32 Å². The van der Waals surface area contributed by atoms with Gasteiger partial charge in [-0.3, -0.25) is 23.5 Å². The first-order valence-corrected chi connectivity index (χ1v) is 10.6. The number of rotatable bonds is 6. The molecule has 0 atom stereocenters. The molecular weight excluding hydrogens is 433 g/mol. The number of benzene rings is 2. The molecule has 1 amide bonds. The Morgan fingerprint density at radius 2 is 1.66 bits per heavy atom. The summed E-state index contributed by atoms with van der Waals surface area (Å²) >= 11 is 1.18. The summed E-state index contributed by atoms with van der Waals surface area (Å²) in [4.78, 5) is 50.0. The van der Waals surface area contributed by atoms with Crippen LogP contribution in [0.15, 0.2) is 69.6 Å². The molecule has 0 saturated heterocycles. The number of halogens is 1. The molecule has 2 heterocycles. The second kappa shape index (κ2) is 8.72. The standard InChI is InChI=1S/C23H18FN3O4S/c1-14(28)16-4-8-18(9-5-16)25-20(29)13-26-19-10-11-32-21(19)22(30)27(23(26)31)12-15-2-6-17(24)7-3-15/h2-11H,12-13H2,1H3,(H,25,29). The SMILES string of the molecule is CC(=O)c1ccc(NC(=O)Cn2c(=O)n(Cc3ccc(F)cc3)c(=O)c3sccc32)cc1. The van der Waals surface area contributed by atoms with Crippen molar-refractivity contribution in [3.8, 4) is 0 Å². The largest absolute Gasteiger partial charge is 0.332 e. The van der Waals surface area contributed by atoms with Crippen LogP contribution in [-0.2, 0) is 17.9 Å². The minimum atomic E-state index is -0.632. The monoisotopic (exact) mass is 451 g/mol. The number of nitrogens with zero attached hydrogens (tertiary/aromatic N) is 2. The Kier molecular flexibility index (Phi) is 5.83. The number of Topliss-reactive ketones (excluding diaryl/α,β-unsaturated/α-hetero) is 1. The summed E-state index contributed by atoms with van der Waals surface area (Å²) in [7, 11) is 0. The summed E-state index contributed by atoms with van der Waals surface area (Å²) < 4.78 is 15.8. The first kappa shape index (κ1) is 21.4. The molecule has 2 aromatic carbocycles. The van der Waals surface area contributed by atoms with E-state index in [-0.39, 0.29) is 18.9 Å². The van der Waals surface area contributed by atoms with Crippen LogP contribution < -0.4 is 16.6 Å². The van der Waals surface area contributed by atoms with Crippen LogP contribution in [0.2, 0.25) is 0 Å². The van der Waals surface area contributed by atoms with Crippen LogP contribution in [0.4, 0.5) is 10.1 Å². The van der Waals surface area contributed by atoms with Gasteiger partial charge in [0, 0.05) is 11.3 Å². The van der Waals surface area contributed by atoms with Gasteiger partial charge in [0.05, 0.1) is 12.1 Å². The molecule has 0 fully saturated rings. The van der Waals surface area contributed by atoms with Crippen LogP contribution in [-0.4, -0.2) is 20.8 Å². The number of carbonyl (C=O) groups is 2. The van der Waals surface area contributed by atoms with E-state index >= 15 is 0 Å². The zero-order valence-electron chi connectivity index (χ0n) is 17.0. The summed E-state index contributed by atoms with van der Waals surface area (Å²) in [6.07, 6.45) is 0. The summed E-state index contributed by atoms with van der Waals surface area (Å²) in [5, 5.41) is 4.38. The van der Waals surface area contributed by atoms with Gasteiger partial charge in [-0.05, 0) is 60.3 Å². The molecule has 4 aromatic rings. The van der Waals surface area contributed by atoms with Crippen LogP contribution in [0.1, 0.15) is 22.8 Å². The van der Waals surface area contributed by atoms with E-state index in [1.54, 1.807) is 35.7 Å². The van der Waals surface area contributed by atoms with Crippen molar-refractivity contribution in [3.05, 3.63) is 97.8 Å². The topological polar surface area (TPSA) is 90.2 Å². The van der Waals surface area contributed by atoms with Crippen LogP contribution in [0, 0.1) is 5.82 Å². The quantitative estimate of drug-likeness (QED) is 0.456. The molecule has 1 N–H and O–H groups in total. The Hall–Kier alpha value is -3.85. The lowest BCUT2D eigenvalue weighted by molar-refractivity contribution is -0.116. The molecule has 32 heavy (non-hydrogen) atoms. The second-order valence-electron chi connectivity index (χ2n) is 7.20. The fraction of sp³-hybridized carbons (Fsp3) is 0.130. The third kappa shape index (κ3) is 4.28. The zero-order valence-corrected chi connectivity index (χ0v) is 17.8. The van der Waals surface area contributed by atoms with Gasteiger partial charge >= 0.3 is 5.69 Å². The molecular formula is C23H18FN3O4S. The number of hydrogen-bond donors (Lipinski definition) is 1. The van der Waals surface area contributed by atoms with E-state index in [0.29, 0.717) is 27.0 Å². The van der Waals surface area contributed by atoms with Gasteiger partial charge in [-0.1, -0.05) is 12.1 Å². The van der Waals surface area contributed by atoms with Gasteiger partial charge in [0.1, 0.15) is 17.1 Å². The molecule has 162 valence electrons. The molecule has 0 radical (unpaired) electrons. The number of amides is 1. The minimum absolute atomic E-state index is 0.0418. The lowest BCUT2D eigenvalue weighted by Gasteiger charge is -2.13. The van der Waals surface area contributed by atoms with Gasteiger partial charge in [-0.25, -0.2) is 9.18 Å². The Morgan fingerprint density at radius 1 is 0.969 bits per heavy atom. The van der Waals surface area contributed by atoms with Crippen molar-refractivity contribution in [1.29, 1.82) is 0 Å². The van der Waals surface area contributed by atoms with Crippen LogP contribution in [0.25, 0.3) is 10.2 Å². The highest BCUT2D eigenvalue weighted by atomic mass is 32.1. The van der Waals surface area contributed by atoms with Crippen LogP contribution in [0.5, 0.6) is 0 Å². The number of thiophene rings is 1. The first-order chi connectivity index (χ1) is 15.3. The maximum Gasteiger partial charge on any atom is 0.332 e. The van der Waals surface area contributed by atoms with E-state index in [1.807, 2.05) is 0 Å². The van der Waals surface area contributed by atoms with Gasteiger partial charge < -0.3 is 5.32 Å². The molecule has 7 nitrogen and oxygen atoms in total. The normalized spacial score (nSPS) is 10.9. The Labute approximate surface area is 185 Å². The average Bonchev–Trinajstić information content (AvgIpc) is 3.26. The van der Waals surface area contributed by atoms with Crippen molar-refractivity contribution in [1.82, 2.24) is 9.13 Å². The maximum atomic E-state index is 13.2. The van der Waals surface area contributed by atoms with Crippen LogP contribution >= 0.6 is 11.3 Å². The van der Waals surface area contributed by atoms with Gasteiger partial charge in [0.15, 0.2) is 5.78 Å². The lowest BCUT2D eigenvalue weighted by atomic mass is 10.1. The molecule has 2 aromatic heterocycles. The van der Waals surface area contributed by atoms with Crippen molar-refractivity contribution >= 4 is 38.9 Å². The molecule has 9 heteroatoms. The van der Waals surface area contributed by atoms with E-state index in [9.17, 15) is 23.6 Å². The third-order valence-corrected chi connectivity index (χ3v) is 5.86. The average molecular weight is 451 g/mol. The Bertz CT molecular complexity index is 1430. The molecule has 0 bridgehead atoms. The fourth-order valence-electron chi connectivity index (χ4n) is 3.33. The summed E-state index contributed by atoms with van der Waals surface area (Å²) in [5.41, 5.74) is 0.875. The zero-order chi connectivity index (χ0) is 22.8. The number of ketones is 1. The van der Waals surface area contributed by atoms with E-state index in [1.165, 1.54) is 47.1 Å². The highest BCUT2D eigenvalue weighted by Gasteiger charge is 2.17. The number of fused-ring (bicyclic) bond motifs is 1. The molecule has 0 spiro atoms. The van der Waals surface area contributed by atoms with E-state index < -0.39 is 23.0 Å². The first-order valence-electron chi connectivity index (χ1n) is 9.69. The van der Waals surface area contributed by atoms with Crippen molar-refractivity contribution in [2.45, 2.75) is 20.0 Å². The van der Waals surface area contributed by atoms with Crippen molar-refractivity contribution in [2.24, 2.45) is 0 Å². The molecule has 4 rings (SSSR count). The van der Waals surface area contributed by atoms with Gasteiger partial charge in [0.2, 0.25) is 5.91 Å². The van der Waals surface area contributed by atoms with Crippen LogP contribution in [0.3, 0.4) is 0 Å². The highest BCUT2D eigenvalue weighted by molar-refractivity contribution is 7.17. The number of hydrogen-bond acceptors (Lipinski definition) is 5. The predicted octanol–water partition coefficient (Wildman–Crippen LogP) is 3.25. The number of anilines is 1. The molecule has 0 unspecified atom stereocenters. The van der Waals surface area contributed by atoms with Gasteiger partial charge in [-0.2, -0.15) is 0 Å². The van der Waals surface area contributed by atoms with Crippen molar-refractivity contribution in [2.75, 3.05) is 5.32 Å². The summed E-state index contributed by atoms with van der Waals surface area (Å²) in [6.45, 7) is 1.11. The minimum Gasteiger partial charge on any atom is -0.325 e. The van der Waals surface area contributed by atoms with E-state index in [0.717, 1.165) is 4.57 Å². The summed E-state index contributed by atoms with van der Waals surface area (Å²) in [6, 6.07) is 13.6. The van der Waals surface area contributed by atoms with Crippen molar-refractivity contribution < 1.29 is 14.0 Å². The molecule has 0 aliphatic rings. The third-order valence-electron chi connectivity index (χ3n) is 4.97. The van der Waals surface area contributed by atoms with E-state index in [4.69, 9.17) is 0 Å². The Morgan fingerprint density at radius 3 is 2.31 bits per heavy atom. The smallest absolute Gasteiger partial charge is 0.325 e. The molecule has 0 aliphatic heterocycles. The maximum absolute atomic E-state index is 13.2. The van der Waals surface area contributed by atoms with Gasteiger partial charge in [-0.15, -0.1) is 11.3 Å². The fourth-order valence-corrected chi connectivity index (χ4v) is 4.17. The lowest BCUT2D eigenvalue weighted by Crippen LogP contribution is -2.41. The highest BCUT2D eigenvalue weighted by Crippen LogP contribution is 2.16. The molecule has 0 saturated carbocycles. The summed E-state index contributed by atoms with van der Waals surface area (Å²) in [5.74, 6) is -0.958. The Balaban J connectivity index is 1.65. The number of nitrogens with one attached hydrogen (secondary N) is 1.